The Labute approximate surface area is 145 Å². The Hall–Kier alpha value is -0.0851. The van der Waals surface area contributed by atoms with E-state index in [1.807, 2.05) is 0 Å². The van der Waals surface area contributed by atoms with Crippen molar-refractivity contribution in [1.29, 1.82) is 0 Å². The largest absolute Gasteiger partial charge is 0.256 e. The average Bonchev–Trinajstić information content (AvgIpc) is 2.56. The number of aromatic nitrogens is 1. The van der Waals surface area contributed by atoms with Gasteiger partial charge in [-0.25, -0.2) is 0 Å². The number of fused-ring (bicyclic) bond motifs is 5. The Bertz CT molecular complexity index is 442. The van der Waals surface area contributed by atoms with Crippen LogP contribution in [0.2, 0.25) is 0 Å². The predicted octanol–water partition coefficient (Wildman–Crippen LogP) is 4.62. The molecule has 0 aromatic carbocycles. The highest BCUT2D eigenvalue weighted by Gasteiger charge is 2.18. The van der Waals surface area contributed by atoms with Crippen LogP contribution in [0.5, 0.6) is 0 Å². The van der Waals surface area contributed by atoms with Crippen LogP contribution in [0.4, 0.5) is 0 Å². The molecule has 2 radical (unpaired) electrons. The highest BCUT2D eigenvalue weighted by molar-refractivity contribution is 7.99. The molecule has 2 heterocycles. The molecule has 1 aliphatic carbocycles. The highest BCUT2D eigenvalue weighted by Crippen LogP contribution is 2.33. The molecule has 1 aromatic heterocycles. The number of thioether (sulfide) groups is 2. The van der Waals surface area contributed by atoms with Crippen LogP contribution in [0.25, 0.3) is 0 Å². The van der Waals surface area contributed by atoms with Gasteiger partial charge in [-0.1, -0.05) is 37.6 Å². The van der Waals surface area contributed by atoms with Crippen LogP contribution >= 0.6 is 23.5 Å². The van der Waals surface area contributed by atoms with Crippen molar-refractivity contribution in [3.05, 3.63) is 23.5 Å². The molecule has 22 heavy (non-hydrogen) atoms. The third-order valence-electron chi connectivity index (χ3n) is 4.75. The minimum atomic E-state index is 0.811. The summed E-state index contributed by atoms with van der Waals surface area (Å²) in [6, 6.07) is 4.13. The van der Waals surface area contributed by atoms with E-state index >= 15 is 0 Å². The Morgan fingerprint density at radius 1 is 0.773 bits per heavy atom. The van der Waals surface area contributed by atoms with Crippen molar-refractivity contribution < 1.29 is 0 Å². The standard InChI is InChI=1S/C18H26BNS2/c19-14-10-15-12-21-17-6-4-2-1-3-5-7-18(9-8-17)22-13-16(11-14)20-15/h10-11,17-18H,1-9,12-13H2. The zero-order valence-corrected chi connectivity index (χ0v) is 15.1. The van der Waals surface area contributed by atoms with E-state index in [0.29, 0.717) is 0 Å². The molecule has 2 atom stereocenters. The Morgan fingerprint density at radius 2 is 1.27 bits per heavy atom. The first-order chi connectivity index (χ1) is 10.8. The van der Waals surface area contributed by atoms with Crippen molar-refractivity contribution in [2.45, 2.75) is 79.8 Å². The Morgan fingerprint density at radius 3 is 1.82 bits per heavy atom. The first-order valence-electron chi connectivity index (χ1n) is 8.78. The van der Waals surface area contributed by atoms with Gasteiger partial charge in [0.1, 0.15) is 7.85 Å². The number of pyridine rings is 1. The second-order valence-corrected chi connectivity index (χ2v) is 9.25. The van der Waals surface area contributed by atoms with Crippen LogP contribution in [0.15, 0.2) is 12.1 Å². The van der Waals surface area contributed by atoms with Gasteiger partial charge >= 0.3 is 0 Å². The Kier molecular flexibility index (Phi) is 6.61. The summed E-state index contributed by atoms with van der Waals surface area (Å²) in [6.45, 7) is 0. The number of rotatable bonds is 0. The van der Waals surface area contributed by atoms with Gasteiger partial charge in [-0.2, -0.15) is 23.5 Å². The molecule has 1 fully saturated rings. The maximum Gasteiger partial charge on any atom is 0.113 e. The van der Waals surface area contributed by atoms with Gasteiger partial charge in [0.15, 0.2) is 0 Å². The van der Waals surface area contributed by atoms with Crippen molar-refractivity contribution in [3.63, 3.8) is 0 Å². The zero-order chi connectivity index (χ0) is 15.2. The minimum Gasteiger partial charge on any atom is -0.256 e. The lowest BCUT2D eigenvalue weighted by molar-refractivity contribution is 0.589. The average molecular weight is 331 g/mol. The van der Waals surface area contributed by atoms with E-state index in [1.165, 1.54) is 69.2 Å². The molecule has 2 unspecified atom stereocenters. The molecule has 1 nitrogen and oxygen atoms in total. The fraction of sp³-hybridized carbons (Fsp3) is 0.722. The Balaban J connectivity index is 1.77. The van der Waals surface area contributed by atoms with Crippen molar-refractivity contribution in [3.8, 4) is 0 Å². The second-order valence-electron chi connectivity index (χ2n) is 6.67. The highest BCUT2D eigenvalue weighted by atomic mass is 32.2. The molecule has 0 saturated heterocycles. The maximum atomic E-state index is 6.08. The molecule has 4 bridgehead atoms. The van der Waals surface area contributed by atoms with Gasteiger partial charge in [-0.15, -0.1) is 0 Å². The topological polar surface area (TPSA) is 12.9 Å². The summed E-state index contributed by atoms with van der Waals surface area (Å²) in [5.74, 6) is 2.05. The lowest BCUT2D eigenvalue weighted by Crippen LogP contribution is -2.09. The van der Waals surface area contributed by atoms with Gasteiger partial charge in [0.2, 0.25) is 0 Å². The lowest BCUT2D eigenvalue weighted by Gasteiger charge is -2.19. The maximum absolute atomic E-state index is 6.08. The molecule has 0 amide bonds. The van der Waals surface area contributed by atoms with E-state index in [-0.39, 0.29) is 0 Å². The van der Waals surface area contributed by atoms with Gasteiger partial charge < -0.3 is 0 Å². The van der Waals surface area contributed by atoms with Crippen LogP contribution in [0, 0.1) is 0 Å². The zero-order valence-electron chi connectivity index (χ0n) is 13.4. The molecule has 1 saturated carbocycles. The molecule has 4 heteroatoms. The first-order valence-corrected chi connectivity index (χ1v) is 10.9. The first kappa shape index (κ1) is 16.8. The van der Waals surface area contributed by atoms with E-state index in [9.17, 15) is 0 Å². The minimum absolute atomic E-state index is 0.811. The van der Waals surface area contributed by atoms with Gasteiger partial charge in [0.25, 0.3) is 0 Å². The van der Waals surface area contributed by atoms with Crippen molar-refractivity contribution in [2.75, 3.05) is 0 Å². The summed E-state index contributed by atoms with van der Waals surface area (Å²) in [5.41, 5.74) is 3.24. The van der Waals surface area contributed by atoms with Crippen LogP contribution in [-0.2, 0) is 11.5 Å². The SMILES string of the molecule is [B]c1cc2nc(c1)CSC1CCCCCCCC(CC1)SC2. The van der Waals surface area contributed by atoms with E-state index in [1.54, 1.807) is 0 Å². The van der Waals surface area contributed by atoms with E-state index < -0.39 is 0 Å². The van der Waals surface area contributed by atoms with Gasteiger partial charge in [-0.3, -0.25) is 4.98 Å². The van der Waals surface area contributed by atoms with Crippen LogP contribution in [0.1, 0.15) is 69.2 Å². The quantitative estimate of drug-likeness (QED) is 0.644. The fourth-order valence-electron chi connectivity index (χ4n) is 3.50. The van der Waals surface area contributed by atoms with E-state index in [4.69, 9.17) is 12.8 Å². The number of nitrogens with zero attached hydrogens (tertiary/aromatic N) is 1. The molecule has 2 aliphatic rings. The normalized spacial score (nSPS) is 27.6. The summed E-state index contributed by atoms with van der Waals surface area (Å²) in [5, 5.41) is 1.62. The second kappa shape index (κ2) is 8.68. The number of hydrogen-bond acceptors (Lipinski definition) is 3. The molecule has 0 N–H and O–H groups in total. The van der Waals surface area contributed by atoms with Crippen LogP contribution in [0.3, 0.4) is 0 Å². The third kappa shape index (κ3) is 5.23. The lowest BCUT2D eigenvalue weighted by atomic mass is 9.96. The molecular formula is C18H26BNS2. The molecule has 3 rings (SSSR count). The molecule has 118 valence electrons. The summed E-state index contributed by atoms with van der Waals surface area (Å²) in [4.78, 5) is 4.84. The number of hydrogen-bond donors (Lipinski definition) is 0. The van der Waals surface area contributed by atoms with Gasteiger partial charge in [0.05, 0.1) is 11.4 Å². The molecule has 1 aliphatic heterocycles. The van der Waals surface area contributed by atoms with E-state index in [2.05, 4.69) is 35.7 Å². The summed E-state index contributed by atoms with van der Waals surface area (Å²) in [7, 11) is 6.08. The van der Waals surface area contributed by atoms with Crippen LogP contribution in [-0.4, -0.2) is 23.3 Å². The smallest absolute Gasteiger partial charge is 0.113 e. The monoisotopic (exact) mass is 331 g/mol. The van der Waals surface area contributed by atoms with E-state index in [0.717, 1.165) is 27.5 Å². The molecule has 0 spiro atoms. The van der Waals surface area contributed by atoms with Crippen molar-refractivity contribution in [1.82, 2.24) is 4.98 Å². The van der Waals surface area contributed by atoms with Gasteiger partial charge in [-0.05, 0) is 37.8 Å². The third-order valence-corrected chi connectivity index (χ3v) is 7.56. The predicted molar refractivity (Wildman–Crippen MR) is 101 cm³/mol. The van der Waals surface area contributed by atoms with Crippen molar-refractivity contribution in [2.24, 2.45) is 0 Å². The summed E-state index contributed by atoms with van der Waals surface area (Å²) in [6.07, 6.45) is 12.6. The van der Waals surface area contributed by atoms with Crippen LogP contribution < -0.4 is 5.46 Å². The summed E-state index contributed by atoms with van der Waals surface area (Å²) >= 11 is 4.23. The fourth-order valence-corrected chi connectivity index (χ4v) is 5.88. The molecule has 1 aromatic rings. The van der Waals surface area contributed by atoms with Gasteiger partial charge in [0, 0.05) is 22.0 Å². The van der Waals surface area contributed by atoms with Crippen molar-refractivity contribution >= 4 is 36.8 Å². The molecular weight excluding hydrogens is 305 g/mol. The summed E-state index contributed by atoms with van der Waals surface area (Å²) < 4.78 is 0.